The van der Waals surface area contributed by atoms with Crippen LogP contribution in [0.2, 0.25) is 0 Å². The summed E-state index contributed by atoms with van der Waals surface area (Å²) >= 11 is 2.55. The molecule has 1 aromatic carbocycles. The van der Waals surface area contributed by atoms with Gasteiger partial charge in [-0.15, -0.1) is 0 Å². The van der Waals surface area contributed by atoms with Crippen molar-refractivity contribution in [3.05, 3.63) is 53.9 Å². The van der Waals surface area contributed by atoms with Gasteiger partial charge in [0.05, 0.1) is 11.9 Å². The number of hydrogen-bond donors (Lipinski definition) is 1. The molecule has 1 saturated heterocycles. The quantitative estimate of drug-likeness (QED) is 0.482. The van der Waals surface area contributed by atoms with E-state index in [0.717, 1.165) is 17.6 Å². The highest BCUT2D eigenvalue weighted by atomic mass is 127. The topological polar surface area (TPSA) is 28.2 Å². The Kier molecular flexibility index (Phi) is 4.88. The maximum atomic E-state index is 4.24. The molecule has 4 heteroatoms. The van der Waals surface area contributed by atoms with Crippen LogP contribution < -0.4 is 5.32 Å². The van der Waals surface area contributed by atoms with Gasteiger partial charge in [0.2, 0.25) is 0 Å². The Morgan fingerprint density at radius 1 is 1.19 bits per heavy atom. The van der Waals surface area contributed by atoms with Crippen molar-refractivity contribution in [2.45, 2.75) is 50.0 Å². The molecule has 0 spiro atoms. The maximum absolute atomic E-state index is 4.24. The molecule has 0 radical (unpaired) electrons. The number of likely N-dealkylation sites (tertiary alicyclic amines) is 1. The number of halogens is 1. The molecule has 3 nitrogen and oxygen atoms in total. The molecule has 1 N–H and O–H groups in total. The molecule has 2 heterocycles. The van der Waals surface area contributed by atoms with Gasteiger partial charge in [0, 0.05) is 34.3 Å². The van der Waals surface area contributed by atoms with E-state index in [-0.39, 0.29) is 0 Å². The molecule has 27 heavy (non-hydrogen) atoms. The number of nitrogens with one attached hydrogen (secondary N) is 1. The number of alkyl halides is 1. The van der Waals surface area contributed by atoms with Crippen molar-refractivity contribution in [3.63, 3.8) is 0 Å². The molecule has 1 aromatic heterocycles. The first-order valence-electron chi connectivity index (χ1n) is 10.4. The van der Waals surface area contributed by atoms with Crippen molar-refractivity contribution in [1.29, 1.82) is 0 Å². The van der Waals surface area contributed by atoms with Crippen LogP contribution in [0.5, 0.6) is 0 Å². The monoisotopic (exact) mass is 473 g/mol. The fraction of sp³-hybridized carbons (Fsp3) is 0.522. The number of fused-ring (bicyclic) bond motifs is 1. The Labute approximate surface area is 176 Å². The third-order valence-corrected chi connectivity index (χ3v) is 7.76. The Hall–Kier alpha value is -1.14. The predicted octanol–water partition coefficient (Wildman–Crippen LogP) is 5.32. The van der Waals surface area contributed by atoms with E-state index in [1.54, 1.807) is 11.1 Å². The van der Waals surface area contributed by atoms with Crippen molar-refractivity contribution in [3.8, 4) is 0 Å². The van der Waals surface area contributed by atoms with Gasteiger partial charge in [-0.05, 0) is 73.5 Å². The molecule has 2 aromatic rings. The highest BCUT2D eigenvalue weighted by Gasteiger charge is 2.53. The first-order chi connectivity index (χ1) is 13.3. The smallest absolute Gasteiger partial charge is 0.0570 e. The average molecular weight is 473 g/mol. The van der Waals surface area contributed by atoms with Gasteiger partial charge in [-0.2, -0.15) is 0 Å². The van der Waals surface area contributed by atoms with Gasteiger partial charge in [0.1, 0.15) is 0 Å². The first kappa shape index (κ1) is 17.9. The van der Waals surface area contributed by atoms with Crippen LogP contribution in [0.15, 0.2) is 42.7 Å². The molecule has 1 aliphatic heterocycles. The lowest BCUT2D eigenvalue weighted by Gasteiger charge is -2.59. The molecule has 2 bridgehead atoms. The van der Waals surface area contributed by atoms with E-state index in [2.05, 4.69) is 62.1 Å². The summed E-state index contributed by atoms with van der Waals surface area (Å²) in [6.07, 6.45) is 11.9. The molecule has 2 fully saturated rings. The van der Waals surface area contributed by atoms with Crippen molar-refractivity contribution in [2.24, 2.45) is 5.92 Å². The zero-order valence-corrected chi connectivity index (χ0v) is 18.0. The summed E-state index contributed by atoms with van der Waals surface area (Å²) in [7, 11) is 0. The van der Waals surface area contributed by atoms with E-state index in [1.165, 1.54) is 61.7 Å². The number of aromatic nitrogens is 1. The lowest BCUT2D eigenvalue weighted by atomic mass is 9.52. The van der Waals surface area contributed by atoms with Gasteiger partial charge in [-0.25, -0.2) is 0 Å². The second kappa shape index (κ2) is 7.36. The average Bonchev–Trinajstić information content (AvgIpc) is 2.71. The van der Waals surface area contributed by atoms with Crippen molar-refractivity contribution < 1.29 is 0 Å². The Morgan fingerprint density at radius 3 is 3.00 bits per heavy atom. The number of piperidine rings is 1. The summed E-state index contributed by atoms with van der Waals surface area (Å²) in [5.41, 5.74) is 5.97. The van der Waals surface area contributed by atoms with Crippen LogP contribution in [0.25, 0.3) is 0 Å². The third-order valence-electron chi connectivity index (χ3n) is 7.27. The maximum Gasteiger partial charge on any atom is 0.0570 e. The van der Waals surface area contributed by atoms with Gasteiger partial charge in [0.15, 0.2) is 0 Å². The van der Waals surface area contributed by atoms with Crippen molar-refractivity contribution in [1.82, 2.24) is 9.88 Å². The summed E-state index contributed by atoms with van der Waals surface area (Å²) < 4.78 is 1.24. The molecular formula is C23H28IN3. The Balaban J connectivity index is 1.53. The number of rotatable bonds is 4. The molecular weight excluding hydrogens is 445 g/mol. The van der Waals surface area contributed by atoms with Gasteiger partial charge in [-0.1, -0.05) is 41.5 Å². The van der Waals surface area contributed by atoms with Crippen molar-refractivity contribution in [2.75, 3.05) is 22.8 Å². The number of anilines is 2. The van der Waals surface area contributed by atoms with Gasteiger partial charge < -0.3 is 5.32 Å². The summed E-state index contributed by atoms with van der Waals surface area (Å²) in [6.45, 7) is 2.54. The highest BCUT2D eigenvalue weighted by Crippen LogP contribution is 2.56. The second-order valence-corrected chi connectivity index (χ2v) is 9.57. The molecule has 0 amide bonds. The van der Waals surface area contributed by atoms with E-state index in [9.17, 15) is 0 Å². The molecule has 3 aliphatic rings. The molecule has 1 saturated carbocycles. The minimum absolute atomic E-state index is 0.422. The normalized spacial score (nSPS) is 29.7. The molecule has 2 aliphatic carbocycles. The van der Waals surface area contributed by atoms with E-state index in [4.69, 9.17) is 0 Å². The Bertz CT molecular complexity index is 809. The first-order valence-corrected chi connectivity index (χ1v) is 11.9. The van der Waals surface area contributed by atoms with Crippen LogP contribution in [0, 0.1) is 5.92 Å². The minimum atomic E-state index is 0.422. The molecule has 3 atom stereocenters. The molecule has 142 valence electrons. The van der Waals surface area contributed by atoms with Crippen LogP contribution >= 0.6 is 22.6 Å². The largest absolute Gasteiger partial charge is 0.354 e. The number of nitrogens with zero attached hydrogens (tertiary/aromatic N) is 2. The second-order valence-electron chi connectivity index (χ2n) is 8.49. The lowest BCUT2D eigenvalue weighted by molar-refractivity contribution is -0.00744. The van der Waals surface area contributed by atoms with Crippen LogP contribution in [-0.2, 0) is 11.8 Å². The minimum Gasteiger partial charge on any atom is -0.354 e. The summed E-state index contributed by atoms with van der Waals surface area (Å²) in [4.78, 5) is 7.05. The number of pyridine rings is 1. The lowest BCUT2D eigenvalue weighted by Crippen LogP contribution is -2.61. The van der Waals surface area contributed by atoms with E-state index < -0.39 is 0 Å². The standard InChI is InChI=1S/C23H28IN3/c24-10-13-27-12-9-23-8-2-1-5-20(23)22(27)14-17-6-7-18(15-21(17)23)26-19-4-3-11-25-16-19/h3-4,6-7,11,15-16,20,22,26H,1-2,5,8-10,12-14H2/t20-,22+,23+/m0/s1. The molecule has 5 rings (SSSR count). The van der Waals surface area contributed by atoms with Crippen LogP contribution in [0.4, 0.5) is 11.4 Å². The predicted molar refractivity (Wildman–Crippen MR) is 120 cm³/mol. The zero-order chi connectivity index (χ0) is 18.3. The zero-order valence-electron chi connectivity index (χ0n) is 15.8. The van der Waals surface area contributed by atoms with Crippen LogP contribution in [0.3, 0.4) is 0 Å². The summed E-state index contributed by atoms with van der Waals surface area (Å²) in [5.74, 6) is 0.851. The fourth-order valence-electron chi connectivity index (χ4n) is 6.15. The van der Waals surface area contributed by atoms with Crippen LogP contribution in [-0.4, -0.2) is 33.4 Å². The summed E-state index contributed by atoms with van der Waals surface area (Å²) in [6, 6.07) is 12.0. The van der Waals surface area contributed by atoms with Gasteiger partial charge in [-0.3, -0.25) is 9.88 Å². The highest BCUT2D eigenvalue weighted by molar-refractivity contribution is 14.1. The van der Waals surface area contributed by atoms with E-state index in [0.29, 0.717) is 5.41 Å². The molecule has 0 unspecified atom stereocenters. The third kappa shape index (κ3) is 3.09. The number of benzene rings is 1. The van der Waals surface area contributed by atoms with Gasteiger partial charge in [0.25, 0.3) is 0 Å². The van der Waals surface area contributed by atoms with E-state index in [1.807, 2.05) is 18.5 Å². The van der Waals surface area contributed by atoms with E-state index >= 15 is 0 Å². The Morgan fingerprint density at radius 2 is 2.15 bits per heavy atom. The van der Waals surface area contributed by atoms with Crippen LogP contribution in [0.1, 0.15) is 43.2 Å². The summed E-state index contributed by atoms with van der Waals surface area (Å²) in [5, 5.41) is 3.58. The SMILES string of the molecule is ICCN1CC[C@]23CCCC[C@H]2[C@H]1Cc1ccc(Nc2cccnc2)cc13. The van der Waals surface area contributed by atoms with Crippen molar-refractivity contribution >= 4 is 34.0 Å². The fourth-order valence-corrected chi connectivity index (χ4v) is 6.77. The van der Waals surface area contributed by atoms with Gasteiger partial charge >= 0.3 is 0 Å². The number of hydrogen-bond acceptors (Lipinski definition) is 3.